The van der Waals surface area contributed by atoms with Gasteiger partial charge in [0.25, 0.3) is 5.56 Å². The quantitative estimate of drug-likeness (QED) is 0.865. The van der Waals surface area contributed by atoms with Gasteiger partial charge in [-0.1, -0.05) is 17.7 Å². The molecule has 0 radical (unpaired) electrons. The Hall–Kier alpha value is -2.09. The number of nitrogens with zero attached hydrogens (tertiary/aromatic N) is 1. The van der Waals surface area contributed by atoms with Gasteiger partial charge >= 0.3 is 11.9 Å². The summed E-state index contributed by atoms with van der Waals surface area (Å²) < 4.78 is 51.9. The summed E-state index contributed by atoms with van der Waals surface area (Å²) >= 11 is 5.74. The van der Waals surface area contributed by atoms with E-state index in [1.807, 2.05) is 0 Å². The standard InChI is InChI=1S/C14H11ClF4N2O2/c1-7-11(15)12(22)21(13(23)20-7)5-4-8-2-3-9(6-10(8)16)14(17,18)19/h2-3,6H,4-5H2,1H3,(H,20,23). The molecule has 0 bridgehead atoms. The minimum Gasteiger partial charge on any atom is -0.310 e. The maximum absolute atomic E-state index is 13.7. The maximum atomic E-state index is 13.7. The van der Waals surface area contributed by atoms with Crippen LogP contribution in [0.1, 0.15) is 16.8 Å². The van der Waals surface area contributed by atoms with Crippen molar-refractivity contribution in [1.29, 1.82) is 0 Å². The van der Waals surface area contributed by atoms with Crippen LogP contribution in [-0.2, 0) is 19.1 Å². The van der Waals surface area contributed by atoms with Gasteiger partial charge in [-0.15, -0.1) is 0 Å². The third kappa shape index (κ3) is 3.64. The number of benzene rings is 1. The summed E-state index contributed by atoms with van der Waals surface area (Å²) in [5, 5.41) is -0.169. The van der Waals surface area contributed by atoms with Crippen molar-refractivity contribution in [3.63, 3.8) is 0 Å². The summed E-state index contributed by atoms with van der Waals surface area (Å²) in [6.07, 6.45) is -4.77. The number of rotatable bonds is 3. The average molecular weight is 351 g/mol. The van der Waals surface area contributed by atoms with Crippen molar-refractivity contribution in [1.82, 2.24) is 9.55 Å². The van der Waals surface area contributed by atoms with Crippen LogP contribution in [0.5, 0.6) is 0 Å². The normalized spacial score (nSPS) is 11.7. The molecule has 2 aromatic rings. The van der Waals surface area contributed by atoms with E-state index in [0.29, 0.717) is 6.07 Å². The summed E-state index contributed by atoms with van der Waals surface area (Å²) in [7, 11) is 0. The summed E-state index contributed by atoms with van der Waals surface area (Å²) in [6.45, 7) is 1.24. The lowest BCUT2D eigenvalue weighted by molar-refractivity contribution is -0.137. The molecule has 0 aliphatic rings. The number of aryl methyl sites for hydroxylation is 2. The van der Waals surface area contributed by atoms with Gasteiger partial charge in [-0.25, -0.2) is 9.18 Å². The zero-order valence-corrected chi connectivity index (χ0v) is 12.6. The molecule has 0 atom stereocenters. The van der Waals surface area contributed by atoms with Crippen LogP contribution in [0.25, 0.3) is 0 Å². The van der Waals surface area contributed by atoms with E-state index in [4.69, 9.17) is 11.6 Å². The molecule has 23 heavy (non-hydrogen) atoms. The minimum absolute atomic E-state index is 0.0407. The first-order valence-electron chi connectivity index (χ1n) is 6.46. The summed E-state index contributed by atoms with van der Waals surface area (Å²) in [6, 6.07) is 2.10. The van der Waals surface area contributed by atoms with Gasteiger partial charge in [0, 0.05) is 12.2 Å². The molecule has 0 aliphatic carbocycles. The predicted octanol–water partition coefficient (Wildman–Crippen LogP) is 2.90. The molecule has 9 heteroatoms. The minimum atomic E-state index is -4.64. The van der Waals surface area contributed by atoms with E-state index in [-0.39, 0.29) is 29.2 Å². The van der Waals surface area contributed by atoms with Gasteiger partial charge in [-0.05, 0) is 31.0 Å². The van der Waals surface area contributed by atoms with E-state index in [1.165, 1.54) is 6.92 Å². The van der Waals surface area contributed by atoms with Crippen LogP contribution >= 0.6 is 11.6 Å². The maximum Gasteiger partial charge on any atom is 0.416 e. The van der Waals surface area contributed by atoms with Crippen LogP contribution in [0.2, 0.25) is 5.02 Å². The Morgan fingerprint density at radius 2 is 1.91 bits per heavy atom. The molecule has 0 spiro atoms. The highest BCUT2D eigenvalue weighted by Gasteiger charge is 2.31. The van der Waals surface area contributed by atoms with Gasteiger partial charge < -0.3 is 4.98 Å². The fourth-order valence-electron chi connectivity index (χ4n) is 2.02. The zero-order valence-electron chi connectivity index (χ0n) is 11.8. The molecule has 0 fully saturated rings. The molecule has 124 valence electrons. The van der Waals surface area contributed by atoms with E-state index < -0.39 is 28.8 Å². The molecule has 1 heterocycles. The lowest BCUT2D eigenvalue weighted by Crippen LogP contribution is -2.36. The third-order valence-electron chi connectivity index (χ3n) is 3.29. The second-order valence-electron chi connectivity index (χ2n) is 4.88. The third-order valence-corrected chi connectivity index (χ3v) is 3.73. The molecule has 2 rings (SSSR count). The van der Waals surface area contributed by atoms with Crippen molar-refractivity contribution >= 4 is 11.6 Å². The number of alkyl halides is 3. The Balaban J connectivity index is 2.28. The lowest BCUT2D eigenvalue weighted by Gasteiger charge is -2.10. The number of H-pyrrole nitrogens is 1. The molecule has 0 saturated heterocycles. The first-order chi connectivity index (χ1) is 10.6. The van der Waals surface area contributed by atoms with Crippen LogP contribution in [-0.4, -0.2) is 9.55 Å². The Morgan fingerprint density at radius 1 is 1.26 bits per heavy atom. The Labute approximate surface area is 132 Å². The number of aromatic amines is 1. The first-order valence-corrected chi connectivity index (χ1v) is 6.84. The van der Waals surface area contributed by atoms with Crippen molar-refractivity contribution in [2.75, 3.05) is 0 Å². The highest BCUT2D eigenvalue weighted by atomic mass is 35.5. The van der Waals surface area contributed by atoms with Crippen LogP contribution < -0.4 is 11.2 Å². The highest BCUT2D eigenvalue weighted by Crippen LogP contribution is 2.30. The van der Waals surface area contributed by atoms with Crippen molar-refractivity contribution < 1.29 is 17.6 Å². The number of nitrogens with one attached hydrogen (secondary N) is 1. The van der Waals surface area contributed by atoms with Crippen molar-refractivity contribution in [3.05, 3.63) is 66.7 Å². The number of hydrogen-bond acceptors (Lipinski definition) is 2. The van der Waals surface area contributed by atoms with Gasteiger partial charge in [0.15, 0.2) is 0 Å². The van der Waals surface area contributed by atoms with E-state index in [0.717, 1.165) is 16.7 Å². The molecule has 0 unspecified atom stereocenters. The second-order valence-corrected chi connectivity index (χ2v) is 5.26. The van der Waals surface area contributed by atoms with E-state index in [1.54, 1.807) is 0 Å². The predicted molar refractivity (Wildman–Crippen MR) is 76.2 cm³/mol. The molecule has 1 aromatic heterocycles. The fourth-order valence-corrected chi connectivity index (χ4v) is 2.16. The smallest absolute Gasteiger partial charge is 0.310 e. The Bertz CT molecular complexity index is 855. The van der Waals surface area contributed by atoms with Crippen molar-refractivity contribution in [2.45, 2.75) is 26.1 Å². The molecule has 0 aliphatic heterocycles. The van der Waals surface area contributed by atoms with Crippen molar-refractivity contribution in [2.24, 2.45) is 0 Å². The molecule has 4 nitrogen and oxygen atoms in total. The Morgan fingerprint density at radius 3 is 2.48 bits per heavy atom. The van der Waals surface area contributed by atoms with Crippen molar-refractivity contribution in [3.8, 4) is 0 Å². The Kier molecular flexibility index (Phi) is 4.65. The zero-order chi connectivity index (χ0) is 17.4. The summed E-state index contributed by atoms with van der Waals surface area (Å²) in [4.78, 5) is 25.9. The molecule has 1 N–H and O–H groups in total. The largest absolute Gasteiger partial charge is 0.416 e. The van der Waals surface area contributed by atoms with Crippen LogP contribution in [0.4, 0.5) is 17.6 Å². The first kappa shape index (κ1) is 17.3. The molecule has 1 aromatic carbocycles. The molecular weight excluding hydrogens is 340 g/mol. The second kappa shape index (κ2) is 6.19. The molecule has 0 amide bonds. The van der Waals surface area contributed by atoms with Gasteiger partial charge in [0.2, 0.25) is 0 Å². The SMILES string of the molecule is Cc1[nH]c(=O)n(CCc2ccc(C(F)(F)F)cc2F)c(=O)c1Cl. The topological polar surface area (TPSA) is 54.9 Å². The van der Waals surface area contributed by atoms with E-state index >= 15 is 0 Å². The van der Waals surface area contributed by atoms with Crippen LogP contribution in [0.3, 0.4) is 0 Å². The van der Waals surface area contributed by atoms with E-state index in [9.17, 15) is 27.2 Å². The van der Waals surface area contributed by atoms with Gasteiger partial charge in [0.05, 0.1) is 5.56 Å². The van der Waals surface area contributed by atoms with Crippen LogP contribution in [0.15, 0.2) is 27.8 Å². The average Bonchev–Trinajstić information content (AvgIpc) is 2.45. The lowest BCUT2D eigenvalue weighted by atomic mass is 10.1. The van der Waals surface area contributed by atoms with Gasteiger partial charge in [-0.2, -0.15) is 13.2 Å². The molecule has 0 saturated carbocycles. The van der Waals surface area contributed by atoms with Gasteiger partial charge in [0.1, 0.15) is 10.8 Å². The highest BCUT2D eigenvalue weighted by molar-refractivity contribution is 6.30. The monoisotopic (exact) mass is 350 g/mol. The summed E-state index contributed by atoms with van der Waals surface area (Å²) in [5.41, 5.74) is -2.39. The molecular formula is C14H11ClF4N2O2. The van der Waals surface area contributed by atoms with E-state index in [2.05, 4.69) is 4.98 Å². The van der Waals surface area contributed by atoms with Gasteiger partial charge in [-0.3, -0.25) is 9.36 Å². The fraction of sp³-hybridized carbons (Fsp3) is 0.286. The summed E-state index contributed by atoms with van der Waals surface area (Å²) in [5.74, 6) is -1.05. The number of hydrogen-bond donors (Lipinski definition) is 1. The van der Waals surface area contributed by atoms with Crippen LogP contribution in [0, 0.1) is 12.7 Å². The number of aromatic nitrogens is 2. The number of halogens is 5.